The fourth-order valence-electron chi connectivity index (χ4n) is 4.46. The van der Waals surface area contributed by atoms with E-state index >= 15 is 0 Å². The molecule has 3 aromatic heterocycles. The van der Waals surface area contributed by atoms with Crippen molar-refractivity contribution >= 4 is 23.5 Å². The molecule has 188 valence electrons. The minimum atomic E-state index is -4.57. The van der Waals surface area contributed by atoms with E-state index in [0.29, 0.717) is 35.7 Å². The molecule has 0 aliphatic carbocycles. The van der Waals surface area contributed by atoms with Gasteiger partial charge in [0.2, 0.25) is 5.95 Å². The van der Waals surface area contributed by atoms with Crippen LogP contribution in [-0.2, 0) is 15.7 Å². The summed E-state index contributed by atoms with van der Waals surface area (Å²) in [5.41, 5.74) is 0.845. The number of rotatable bonds is 4. The van der Waals surface area contributed by atoms with Gasteiger partial charge >= 0.3 is 6.18 Å². The van der Waals surface area contributed by atoms with Gasteiger partial charge in [0.15, 0.2) is 0 Å². The fourth-order valence-corrected chi connectivity index (χ4v) is 4.46. The third-order valence-electron chi connectivity index (χ3n) is 6.18. The minimum Gasteiger partial charge on any atom is -0.483 e. The molecule has 12 heteroatoms. The number of H-pyrrole nitrogens is 1. The Morgan fingerprint density at radius 1 is 1.17 bits per heavy atom. The summed E-state index contributed by atoms with van der Waals surface area (Å²) in [6.45, 7) is 2.81. The van der Waals surface area contributed by atoms with Crippen LogP contribution >= 0.6 is 0 Å². The average molecular weight is 493 g/mol. The van der Waals surface area contributed by atoms with Crippen LogP contribution in [0.2, 0.25) is 0 Å². The SMILES string of the molecule is FC(F)(F)c1cnc(NC2CCCNC2)nc1-c1c[nH]c2nc(C3CCOCC3)ccc12.O=CO. The van der Waals surface area contributed by atoms with Crippen LogP contribution in [0.5, 0.6) is 0 Å². The van der Waals surface area contributed by atoms with Crippen molar-refractivity contribution in [1.82, 2.24) is 25.3 Å². The van der Waals surface area contributed by atoms with Crippen molar-refractivity contribution in [3.63, 3.8) is 0 Å². The van der Waals surface area contributed by atoms with Crippen LogP contribution in [0.3, 0.4) is 0 Å². The predicted molar refractivity (Wildman–Crippen MR) is 123 cm³/mol. The molecule has 0 aromatic carbocycles. The lowest BCUT2D eigenvalue weighted by molar-refractivity contribution is -0.137. The first-order valence-electron chi connectivity index (χ1n) is 11.5. The monoisotopic (exact) mass is 492 g/mol. The summed E-state index contributed by atoms with van der Waals surface area (Å²) < 4.78 is 46.8. The molecule has 2 fully saturated rings. The highest BCUT2D eigenvalue weighted by Crippen LogP contribution is 2.39. The molecule has 2 aliphatic heterocycles. The molecule has 0 bridgehead atoms. The molecule has 4 N–H and O–H groups in total. The van der Waals surface area contributed by atoms with Crippen LogP contribution in [0, 0.1) is 0 Å². The fraction of sp³-hybridized carbons (Fsp3) is 0.478. The van der Waals surface area contributed by atoms with E-state index in [1.807, 2.05) is 12.1 Å². The van der Waals surface area contributed by atoms with E-state index in [4.69, 9.17) is 19.6 Å². The lowest BCUT2D eigenvalue weighted by Crippen LogP contribution is -2.38. The maximum atomic E-state index is 13.8. The number of carboxylic acid groups (broad SMARTS) is 1. The number of aromatic amines is 1. The predicted octanol–water partition coefficient (Wildman–Crippen LogP) is 3.80. The van der Waals surface area contributed by atoms with Crippen molar-refractivity contribution in [2.75, 3.05) is 31.6 Å². The lowest BCUT2D eigenvalue weighted by atomic mass is 9.95. The third kappa shape index (κ3) is 5.88. The van der Waals surface area contributed by atoms with E-state index in [9.17, 15) is 13.2 Å². The Labute approximate surface area is 199 Å². The van der Waals surface area contributed by atoms with Gasteiger partial charge in [-0.15, -0.1) is 0 Å². The Kier molecular flexibility index (Phi) is 7.81. The molecule has 2 aliphatic rings. The average Bonchev–Trinajstić information content (AvgIpc) is 3.28. The summed E-state index contributed by atoms with van der Waals surface area (Å²) in [4.78, 5) is 24.4. The molecule has 3 aromatic rings. The van der Waals surface area contributed by atoms with Crippen LogP contribution in [0.15, 0.2) is 24.5 Å². The normalized spacial score (nSPS) is 19.1. The van der Waals surface area contributed by atoms with Gasteiger partial charge in [-0.2, -0.15) is 13.2 Å². The van der Waals surface area contributed by atoms with Crippen molar-refractivity contribution in [1.29, 1.82) is 0 Å². The van der Waals surface area contributed by atoms with Crippen LogP contribution in [0.25, 0.3) is 22.3 Å². The van der Waals surface area contributed by atoms with Crippen LogP contribution < -0.4 is 10.6 Å². The van der Waals surface area contributed by atoms with Gasteiger partial charge in [-0.05, 0) is 44.4 Å². The number of anilines is 1. The summed E-state index contributed by atoms with van der Waals surface area (Å²) in [5.74, 6) is 0.493. The van der Waals surface area contributed by atoms with E-state index in [1.165, 1.54) is 0 Å². The van der Waals surface area contributed by atoms with Crippen LogP contribution in [0.4, 0.5) is 19.1 Å². The number of piperidine rings is 1. The van der Waals surface area contributed by atoms with Gasteiger partial charge in [0, 0.05) is 60.8 Å². The second kappa shape index (κ2) is 11.0. The highest BCUT2D eigenvalue weighted by Gasteiger charge is 2.36. The van der Waals surface area contributed by atoms with Gasteiger partial charge in [-0.25, -0.2) is 15.0 Å². The molecular formula is C23H27F3N6O3. The van der Waals surface area contributed by atoms with E-state index in [1.54, 1.807) is 6.20 Å². The number of aromatic nitrogens is 4. The molecule has 0 radical (unpaired) electrons. The van der Waals surface area contributed by atoms with Crippen molar-refractivity contribution in [2.45, 2.75) is 43.8 Å². The Bertz CT molecular complexity index is 1140. The van der Waals surface area contributed by atoms with Gasteiger partial charge in [0.05, 0.1) is 5.69 Å². The van der Waals surface area contributed by atoms with Gasteiger partial charge < -0.3 is 25.5 Å². The van der Waals surface area contributed by atoms with Crippen molar-refractivity contribution < 1.29 is 27.8 Å². The smallest absolute Gasteiger partial charge is 0.419 e. The Balaban J connectivity index is 0.000000917. The zero-order valence-electron chi connectivity index (χ0n) is 18.9. The van der Waals surface area contributed by atoms with Crippen molar-refractivity contribution in [3.8, 4) is 11.3 Å². The maximum Gasteiger partial charge on any atom is 0.419 e. The van der Waals surface area contributed by atoms with Gasteiger partial charge in [-0.3, -0.25) is 4.79 Å². The van der Waals surface area contributed by atoms with Crippen molar-refractivity contribution in [3.05, 3.63) is 35.8 Å². The zero-order valence-corrected chi connectivity index (χ0v) is 18.9. The Morgan fingerprint density at radius 2 is 1.94 bits per heavy atom. The summed E-state index contributed by atoms with van der Waals surface area (Å²) >= 11 is 0. The summed E-state index contributed by atoms with van der Waals surface area (Å²) in [7, 11) is 0. The van der Waals surface area contributed by atoms with E-state index in [0.717, 1.165) is 50.7 Å². The second-order valence-electron chi connectivity index (χ2n) is 8.47. The van der Waals surface area contributed by atoms with Gasteiger partial charge in [0.25, 0.3) is 6.47 Å². The zero-order chi connectivity index (χ0) is 24.8. The number of halogens is 3. The number of pyridine rings is 1. The first-order chi connectivity index (χ1) is 16.9. The largest absolute Gasteiger partial charge is 0.483 e. The van der Waals surface area contributed by atoms with E-state index in [-0.39, 0.29) is 24.2 Å². The molecule has 5 rings (SSSR count). The lowest BCUT2D eigenvalue weighted by Gasteiger charge is -2.24. The highest BCUT2D eigenvalue weighted by atomic mass is 19.4. The van der Waals surface area contributed by atoms with Crippen LogP contribution in [0.1, 0.15) is 42.9 Å². The first kappa shape index (κ1) is 24.9. The number of hydrogen-bond donors (Lipinski definition) is 4. The first-order valence-corrected chi connectivity index (χ1v) is 11.5. The topological polar surface area (TPSA) is 125 Å². The third-order valence-corrected chi connectivity index (χ3v) is 6.18. The quantitative estimate of drug-likeness (QED) is 0.406. The molecule has 1 unspecified atom stereocenters. The summed E-state index contributed by atoms with van der Waals surface area (Å²) in [5, 5.41) is 13.9. The molecule has 1 atom stereocenters. The minimum absolute atomic E-state index is 0.0833. The number of ether oxygens (including phenoxy) is 1. The highest BCUT2D eigenvalue weighted by molar-refractivity contribution is 5.93. The Hall–Kier alpha value is -3.25. The van der Waals surface area contributed by atoms with E-state index in [2.05, 4.69) is 25.6 Å². The molecular weight excluding hydrogens is 465 g/mol. The van der Waals surface area contributed by atoms with Crippen molar-refractivity contribution in [2.24, 2.45) is 0 Å². The van der Waals surface area contributed by atoms with Gasteiger partial charge in [-0.1, -0.05) is 0 Å². The standard InChI is InChI=1S/C22H25F3N6O.CH2O2/c23-22(24,25)17-12-28-21(29-14-2-1-7-26-10-14)31-19(17)16-11-27-20-15(16)3-4-18(30-20)13-5-8-32-9-6-13;2-1-3/h3-4,11-14,26H,1-2,5-10H2,(H,27,30)(H,28,29,31);1H,(H,2,3). The number of nitrogens with one attached hydrogen (secondary N) is 3. The Morgan fingerprint density at radius 3 is 2.63 bits per heavy atom. The molecule has 0 spiro atoms. The number of nitrogens with zero attached hydrogens (tertiary/aromatic N) is 3. The molecule has 5 heterocycles. The number of hydrogen-bond acceptors (Lipinski definition) is 7. The molecule has 2 saturated heterocycles. The second-order valence-corrected chi connectivity index (χ2v) is 8.47. The number of alkyl halides is 3. The van der Waals surface area contributed by atoms with Gasteiger partial charge in [0.1, 0.15) is 11.2 Å². The molecule has 0 amide bonds. The molecule has 9 nitrogen and oxygen atoms in total. The summed E-state index contributed by atoms with van der Waals surface area (Å²) in [6, 6.07) is 3.82. The number of carbonyl (C=O) groups is 1. The van der Waals surface area contributed by atoms with E-state index < -0.39 is 11.7 Å². The number of fused-ring (bicyclic) bond motifs is 1. The molecule has 35 heavy (non-hydrogen) atoms. The van der Waals surface area contributed by atoms with Crippen LogP contribution in [-0.4, -0.2) is 63.9 Å². The molecule has 0 saturated carbocycles. The summed E-state index contributed by atoms with van der Waals surface area (Å²) in [6.07, 6.45) is 1.54. The maximum absolute atomic E-state index is 13.8.